The van der Waals surface area contributed by atoms with Gasteiger partial charge in [0.15, 0.2) is 5.11 Å². The second-order valence-electron chi connectivity index (χ2n) is 9.73. The molecule has 1 N–H and O–H groups in total. The Labute approximate surface area is 211 Å². The molecule has 0 atom stereocenters. The fraction of sp³-hybridized carbons (Fsp3) is 0.536. The molecule has 0 spiro atoms. The first-order valence-corrected chi connectivity index (χ1v) is 13.2. The topological polar surface area (TPSA) is 31.0 Å². The standard InChI is InChI=1S/C28H40N4OS/c1-5-31-10-6-7-25-19-24(8-9-26(25)31)20-32(12-11-30-13-15-33-16-14-30)28(34)29-27-22(3)17-21(2)18-23(27)4/h8-9,17-19H,5-7,10-16,20H2,1-4H3,(H,29,34). The molecule has 0 amide bonds. The Morgan fingerprint density at radius 1 is 1.06 bits per heavy atom. The van der Waals surface area contributed by atoms with E-state index in [-0.39, 0.29) is 0 Å². The lowest BCUT2D eigenvalue weighted by Gasteiger charge is -2.33. The molecule has 184 valence electrons. The van der Waals surface area contributed by atoms with Crippen LogP contribution in [0, 0.1) is 20.8 Å². The quantitative estimate of drug-likeness (QED) is 0.567. The summed E-state index contributed by atoms with van der Waals surface area (Å²) in [6.07, 6.45) is 2.40. The molecule has 0 aromatic heterocycles. The van der Waals surface area contributed by atoms with Gasteiger partial charge in [0.05, 0.1) is 13.2 Å². The van der Waals surface area contributed by atoms with Gasteiger partial charge in [0, 0.05) is 57.2 Å². The summed E-state index contributed by atoms with van der Waals surface area (Å²) in [4.78, 5) is 7.31. The number of benzene rings is 2. The molecule has 0 aliphatic carbocycles. The molecular weight excluding hydrogens is 440 g/mol. The number of anilines is 2. The van der Waals surface area contributed by atoms with Crippen molar-refractivity contribution in [2.45, 2.75) is 47.1 Å². The zero-order chi connectivity index (χ0) is 24.1. The van der Waals surface area contributed by atoms with Crippen LogP contribution in [0.4, 0.5) is 11.4 Å². The van der Waals surface area contributed by atoms with Gasteiger partial charge in [-0.05, 0) is 81.1 Å². The Kier molecular flexibility index (Phi) is 8.46. The molecule has 1 saturated heterocycles. The number of nitrogens with one attached hydrogen (secondary N) is 1. The summed E-state index contributed by atoms with van der Waals surface area (Å²) in [6.45, 7) is 17.3. The molecule has 2 aromatic carbocycles. The van der Waals surface area contributed by atoms with E-state index in [0.29, 0.717) is 0 Å². The highest BCUT2D eigenvalue weighted by Crippen LogP contribution is 2.28. The third-order valence-electron chi connectivity index (χ3n) is 7.10. The summed E-state index contributed by atoms with van der Waals surface area (Å²) in [5, 5.41) is 4.40. The van der Waals surface area contributed by atoms with Crippen molar-refractivity contribution in [3.05, 3.63) is 58.1 Å². The highest BCUT2D eigenvalue weighted by molar-refractivity contribution is 7.80. The van der Waals surface area contributed by atoms with Gasteiger partial charge in [0.1, 0.15) is 0 Å². The highest BCUT2D eigenvalue weighted by Gasteiger charge is 2.19. The van der Waals surface area contributed by atoms with Crippen LogP contribution in [0.2, 0.25) is 0 Å². The second-order valence-corrected chi connectivity index (χ2v) is 10.1. The average molecular weight is 481 g/mol. The van der Waals surface area contributed by atoms with Gasteiger partial charge >= 0.3 is 0 Å². The molecule has 0 radical (unpaired) electrons. The van der Waals surface area contributed by atoms with Crippen LogP contribution in [0.1, 0.15) is 41.2 Å². The van der Waals surface area contributed by atoms with E-state index in [4.69, 9.17) is 17.0 Å². The van der Waals surface area contributed by atoms with Crippen LogP contribution in [0.3, 0.4) is 0 Å². The monoisotopic (exact) mass is 480 g/mol. The largest absolute Gasteiger partial charge is 0.379 e. The van der Waals surface area contributed by atoms with E-state index in [1.54, 1.807) is 0 Å². The SMILES string of the molecule is CCN1CCCc2cc(CN(CCN3CCOCC3)C(=S)Nc3c(C)cc(C)cc3C)ccc21. The molecular formula is C28H40N4OS. The molecule has 5 nitrogen and oxygen atoms in total. The molecule has 6 heteroatoms. The molecule has 2 aliphatic rings. The van der Waals surface area contributed by atoms with Crippen molar-refractivity contribution in [2.75, 3.05) is 62.7 Å². The van der Waals surface area contributed by atoms with Crippen LogP contribution in [0.25, 0.3) is 0 Å². The number of rotatable bonds is 7. The molecule has 4 rings (SSSR count). The van der Waals surface area contributed by atoms with Gasteiger partial charge in [-0.2, -0.15) is 0 Å². The third-order valence-corrected chi connectivity index (χ3v) is 7.46. The zero-order valence-corrected chi connectivity index (χ0v) is 22.1. The van der Waals surface area contributed by atoms with Crippen LogP contribution in [-0.4, -0.2) is 67.4 Å². The first-order valence-electron chi connectivity index (χ1n) is 12.7. The predicted octanol–water partition coefficient (Wildman–Crippen LogP) is 4.92. The van der Waals surface area contributed by atoms with Crippen LogP contribution >= 0.6 is 12.2 Å². The number of thiocarbonyl (C=S) groups is 1. The Hall–Kier alpha value is -2.15. The Morgan fingerprint density at radius 3 is 2.50 bits per heavy atom. The first kappa shape index (κ1) is 25.0. The number of nitrogens with zero attached hydrogens (tertiary/aromatic N) is 3. The number of morpholine rings is 1. The van der Waals surface area contributed by atoms with Gasteiger partial charge in [-0.15, -0.1) is 0 Å². The molecule has 2 aromatic rings. The van der Waals surface area contributed by atoms with Crippen LogP contribution in [0.15, 0.2) is 30.3 Å². The number of hydrogen-bond acceptors (Lipinski definition) is 4. The molecule has 0 saturated carbocycles. The molecule has 2 heterocycles. The fourth-order valence-corrected chi connectivity index (χ4v) is 5.54. The minimum absolute atomic E-state index is 0.802. The van der Waals surface area contributed by atoms with Gasteiger partial charge in [-0.25, -0.2) is 0 Å². The van der Waals surface area contributed by atoms with Crippen LogP contribution in [0.5, 0.6) is 0 Å². The summed E-state index contributed by atoms with van der Waals surface area (Å²) in [7, 11) is 0. The van der Waals surface area contributed by atoms with E-state index < -0.39 is 0 Å². The van der Waals surface area contributed by atoms with Crippen molar-refractivity contribution in [1.82, 2.24) is 9.80 Å². The molecule has 1 fully saturated rings. The predicted molar refractivity (Wildman–Crippen MR) is 147 cm³/mol. The van der Waals surface area contributed by atoms with E-state index in [1.165, 1.54) is 39.9 Å². The molecule has 2 aliphatic heterocycles. The summed E-state index contributed by atoms with van der Waals surface area (Å²) in [6, 6.07) is 11.5. The van der Waals surface area contributed by atoms with E-state index in [1.807, 2.05) is 0 Å². The number of ether oxygens (including phenoxy) is 1. The van der Waals surface area contributed by atoms with Crippen LogP contribution < -0.4 is 10.2 Å². The number of fused-ring (bicyclic) bond motifs is 1. The minimum atomic E-state index is 0.802. The normalized spacial score (nSPS) is 16.3. The smallest absolute Gasteiger partial charge is 0.173 e. The number of aryl methyl sites for hydroxylation is 4. The van der Waals surface area contributed by atoms with Crippen molar-refractivity contribution < 1.29 is 4.74 Å². The van der Waals surface area contributed by atoms with Crippen molar-refractivity contribution in [3.63, 3.8) is 0 Å². The van der Waals surface area contributed by atoms with E-state index in [0.717, 1.165) is 76.2 Å². The Morgan fingerprint density at radius 2 is 1.79 bits per heavy atom. The summed E-state index contributed by atoms with van der Waals surface area (Å²) < 4.78 is 5.54. The molecule has 0 unspecified atom stereocenters. The van der Waals surface area contributed by atoms with E-state index in [9.17, 15) is 0 Å². The lowest BCUT2D eigenvalue weighted by Crippen LogP contribution is -2.44. The third kappa shape index (κ3) is 6.09. The van der Waals surface area contributed by atoms with Gasteiger partial charge in [0.25, 0.3) is 0 Å². The summed E-state index contributed by atoms with van der Waals surface area (Å²) in [5.41, 5.74) is 9.11. The van der Waals surface area contributed by atoms with Crippen molar-refractivity contribution in [2.24, 2.45) is 0 Å². The molecule has 0 bridgehead atoms. The maximum Gasteiger partial charge on any atom is 0.173 e. The first-order chi connectivity index (χ1) is 16.4. The average Bonchev–Trinajstić information content (AvgIpc) is 2.83. The van der Waals surface area contributed by atoms with Crippen molar-refractivity contribution in [1.29, 1.82) is 0 Å². The maximum absolute atomic E-state index is 6.00. The van der Waals surface area contributed by atoms with Gasteiger partial charge in [-0.3, -0.25) is 4.90 Å². The van der Waals surface area contributed by atoms with Gasteiger partial charge in [-0.1, -0.05) is 29.8 Å². The number of hydrogen-bond donors (Lipinski definition) is 1. The Balaban J connectivity index is 1.52. The van der Waals surface area contributed by atoms with E-state index >= 15 is 0 Å². The van der Waals surface area contributed by atoms with Crippen molar-refractivity contribution >= 4 is 28.7 Å². The van der Waals surface area contributed by atoms with Crippen molar-refractivity contribution in [3.8, 4) is 0 Å². The van der Waals surface area contributed by atoms with Crippen LogP contribution in [-0.2, 0) is 17.7 Å². The highest BCUT2D eigenvalue weighted by atomic mass is 32.1. The summed E-state index contributed by atoms with van der Waals surface area (Å²) in [5.74, 6) is 0. The molecule has 34 heavy (non-hydrogen) atoms. The summed E-state index contributed by atoms with van der Waals surface area (Å²) >= 11 is 6.00. The zero-order valence-electron chi connectivity index (χ0n) is 21.3. The fourth-order valence-electron chi connectivity index (χ4n) is 5.28. The minimum Gasteiger partial charge on any atom is -0.379 e. The Bertz CT molecular complexity index is 979. The lowest BCUT2D eigenvalue weighted by atomic mass is 9.99. The van der Waals surface area contributed by atoms with E-state index in [2.05, 4.69) is 78.0 Å². The van der Waals surface area contributed by atoms with Gasteiger partial charge < -0.3 is 19.9 Å². The second kappa shape index (κ2) is 11.5. The lowest BCUT2D eigenvalue weighted by molar-refractivity contribution is 0.0358. The maximum atomic E-state index is 6.00. The van der Waals surface area contributed by atoms with Gasteiger partial charge in [0.2, 0.25) is 0 Å².